The Morgan fingerprint density at radius 1 is 1.26 bits per heavy atom. The number of H-pyrrole nitrogens is 1. The van der Waals surface area contributed by atoms with Gasteiger partial charge in [0.15, 0.2) is 0 Å². The molecule has 1 fully saturated rings. The molecule has 0 aliphatic carbocycles. The number of amides is 1. The van der Waals surface area contributed by atoms with E-state index in [0.717, 1.165) is 53.9 Å². The number of fused-ring (bicyclic) bond motifs is 1. The molecule has 2 aromatic heterocycles. The third kappa shape index (κ3) is 4.19. The van der Waals surface area contributed by atoms with Gasteiger partial charge in [-0.25, -0.2) is 5.48 Å². The largest absolute Gasteiger partial charge is 0.480 e. The van der Waals surface area contributed by atoms with Gasteiger partial charge in [-0.15, -0.1) is 0 Å². The fourth-order valence-electron chi connectivity index (χ4n) is 3.93. The molecule has 1 aliphatic heterocycles. The number of carbonyl (C=O) groups excluding carboxylic acids is 1. The zero-order valence-electron chi connectivity index (χ0n) is 17.7. The molecule has 0 bridgehead atoms. The number of anilines is 1. The van der Waals surface area contributed by atoms with Crippen molar-refractivity contribution in [2.24, 2.45) is 0 Å². The molecule has 1 amide bonds. The molecule has 31 heavy (non-hydrogen) atoms. The molecule has 164 valence electrons. The Bertz CT molecular complexity index is 1090. The van der Waals surface area contributed by atoms with E-state index in [-0.39, 0.29) is 5.91 Å². The standard InChI is InChI=1S/C22H25ClN4O4/c1-27(13-6-8-31-9-7-13)20-5-4-14(22(25-20)29-2)15-10-16-17(21(28)26-30-3)12-24-19(16)11-18(15)23/h4-5,10-13,24H,6-9H2,1-3H3,(H,26,28). The van der Waals surface area contributed by atoms with Crippen molar-refractivity contribution < 1.29 is 19.1 Å². The minimum Gasteiger partial charge on any atom is -0.480 e. The average Bonchev–Trinajstić information content (AvgIpc) is 3.21. The van der Waals surface area contributed by atoms with Crippen LogP contribution in [0.3, 0.4) is 0 Å². The van der Waals surface area contributed by atoms with Gasteiger partial charge in [-0.1, -0.05) is 11.6 Å². The predicted molar refractivity (Wildman–Crippen MR) is 120 cm³/mol. The summed E-state index contributed by atoms with van der Waals surface area (Å²) in [5.41, 5.74) is 5.02. The molecule has 0 atom stereocenters. The van der Waals surface area contributed by atoms with Gasteiger partial charge in [-0.3, -0.25) is 9.63 Å². The van der Waals surface area contributed by atoms with Gasteiger partial charge in [-0.05, 0) is 37.1 Å². The molecule has 2 N–H and O–H groups in total. The topological polar surface area (TPSA) is 88.7 Å². The molecule has 0 spiro atoms. The first kappa shape index (κ1) is 21.4. The normalized spacial score (nSPS) is 14.6. The first-order chi connectivity index (χ1) is 15.0. The summed E-state index contributed by atoms with van der Waals surface area (Å²) in [5.74, 6) is 0.947. The monoisotopic (exact) mass is 444 g/mol. The van der Waals surface area contributed by atoms with Crippen LogP contribution >= 0.6 is 11.6 Å². The summed E-state index contributed by atoms with van der Waals surface area (Å²) >= 11 is 6.59. The number of halogens is 1. The maximum absolute atomic E-state index is 12.3. The summed E-state index contributed by atoms with van der Waals surface area (Å²) in [6.45, 7) is 1.52. The molecule has 1 saturated heterocycles. The Hall–Kier alpha value is -2.81. The van der Waals surface area contributed by atoms with E-state index < -0.39 is 0 Å². The smallest absolute Gasteiger partial charge is 0.276 e. The number of hydroxylamine groups is 1. The third-order valence-corrected chi connectivity index (χ3v) is 5.95. The second-order valence-corrected chi connectivity index (χ2v) is 7.80. The van der Waals surface area contributed by atoms with E-state index in [4.69, 9.17) is 30.9 Å². The molecule has 1 aromatic carbocycles. The van der Waals surface area contributed by atoms with Gasteiger partial charge >= 0.3 is 0 Å². The van der Waals surface area contributed by atoms with Crippen LogP contribution in [-0.2, 0) is 9.57 Å². The number of aromatic nitrogens is 2. The highest BCUT2D eigenvalue weighted by Crippen LogP contribution is 2.38. The number of carbonyl (C=O) groups is 1. The number of hydrogen-bond donors (Lipinski definition) is 2. The second-order valence-electron chi connectivity index (χ2n) is 7.40. The number of nitrogens with one attached hydrogen (secondary N) is 2. The molecule has 0 saturated carbocycles. The van der Waals surface area contributed by atoms with E-state index in [9.17, 15) is 4.79 Å². The number of ether oxygens (including phenoxy) is 2. The fourth-order valence-corrected chi connectivity index (χ4v) is 4.20. The summed E-state index contributed by atoms with van der Waals surface area (Å²) in [6.07, 6.45) is 3.55. The highest BCUT2D eigenvalue weighted by Gasteiger charge is 2.22. The summed E-state index contributed by atoms with van der Waals surface area (Å²) < 4.78 is 11.1. The van der Waals surface area contributed by atoms with Crippen molar-refractivity contribution in [2.45, 2.75) is 18.9 Å². The quantitative estimate of drug-likeness (QED) is 0.562. The Morgan fingerprint density at radius 2 is 2.03 bits per heavy atom. The minimum absolute atomic E-state index is 0.347. The van der Waals surface area contributed by atoms with Crippen molar-refractivity contribution in [1.29, 1.82) is 0 Å². The maximum Gasteiger partial charge on any atom is 0.276 e. The van der Waals surface area contributed by atoms with Crippen LogP contribution in [0.5, 0.6) is 5.88 Å². The Balaban J connectivity index is 1.73. The summed E-state index contributed by atoms with van der Waals surface area (Å²) in [6, 6.07) is 7.94. The molecule has 9 heteroatoms. The van der Waals surface area contributed by atoms with E-state index in [1.165, 1.54) is 7.11 Å². The molecular weight excluding hydrogens is 420 g/mol. The van der Waals surface area contributed by atoms with E-state index >= 15 is 0 Å². The summed E-state index contributed by atoms with van der Waals surface area (Å²) in [5, 5.41) is 1.25. The van der Waals surface area contributed by atoms with Gasteiger partial charge in [0, 0.05) is 54.5 Å². The minimum atomic E-state index is -0.347. The predicted octanol–water partition coefficient (Wildman–Crippen LogP) is 3.80. The van der Waals surface area contributed by atoms with E-state index in [1.54, 1.807) is 19.4 Å². The summed E-state index contributed by atoms with van der Waals surface area (Å²) in [4.78, 5) is 27.0. The van der Waals surface area contributed by atoms with Gasteiger partial charge < -0.3 is 19.4 Å². The molecule has 3 aromatic rings. The van der Waals surface area contributed by atoms with Gasteiger partial charge in [-0.2, -0.15) is 4.98 Å². The molecule has 1 aliphatic rings. The SMILES string of the molecule is CONC(=O)c1c[nH]c2cc(Cl)c(-c3ccc(N(C)C4CCOCC4)nc3OC)cc12. The molecule has 4 rings (SSSR count). The van der Waals surface area contributed by atoms with Crippen LogP contribution < -0.4 is 15.1 Å². The lowest BCUT2D eigenvalue weighted by molar-refractivity contribution is 0.0539. The van der Waals surface area contributed by atoms with Crippen LogP contribution in [0.15, 0.2) is 30.5 Å². The van der Waals surface area contributed by atoms with Crippen LogP contribution in [0.1, 0.15) is 23.2 Å². The maximum atomic E-state index is 12.3. The number of nitrogens with zero attached hydrogens (tertiary/aromatic N) is 2. The van der Waals surface area contributed by atoms with Gasteiger partial charge in [0.2, 0.25) is 5.88 Å². The van der Waals surface area contributed by atoms with Crippen LogP contribution in [0, 0.1) is 0 Å². The van der Waals surface area contributed by atoms with Gasteiger partial charge in [0.25, 0.3) is 5.91 Å². The first-order valence-corrected chi connectivity index (χ1v) is 10.4. The zero-order chi connectivity index (χ0) is 22.0. The van der Waals surface area contributed by atoms with Crippen molar-refractivity contribution in [3.63, 3.8) is 0 Å². The number of benzene rings is 1. The van der Waals surface area contributed by atoms with Crippen molar-refractivity contribution in [3.05, 3.63) is 41.0 Å². The van der Waals surface area contributed by atoms with Crippen LogP contribution in [0.4, 0.5) is 5.82 Å². The highest BCUT2D eigenvalue weighted by atomic mass is 35.5. The summed E-state index contributed by atoms with van der Waals surface area (Å²) in [7, 11) is 5.02. The number of rotatable bonds is 6. The Kier molecular flexibility index (Phi) is 6.31. The highest BCUT2D eigenvalue weighted by molar-refractivity contribution is 6.34. The zero-order valence-corrected chi connectivity index (χ0v) is 18.5. The Morgan fingerprint density at radius 3 is 2.74 bits per heavy atom. The first-order valence-electron chi connectivity index (χ1n) is 10.0. The molecule has 8 nitrogen and oxygen atoms in total. The average molecular weight is 445 g/mol. The number of methoxy groups -OCH3 is 1. The lowest BCUT2D eigenvalue weighted by atomic mass is 10.0. The van der Waals surface area contributed by atoms with Crippen molar-refractivity contribution in [2.75, 3.05) is 39.4 Å². The van der Waals surface area contributed by atoms with Crippen LogP contribution in [0.2, 0.25) is 5.02 Å². The molecular formula is C22H25ClN4O4. The van der Waals surface area contributed by atoms with Crippen LogP contribution in [0.25, 0.3) is 22.0 Å². The van der Waals surface area contributed by atoms with Gasteiger partial charge in [0.05, 0.1) is 24.8 Å². The van der Waals surface area contributed by atoms with E-state index in [0.29, 0.717) is 22.5 Å². The fraction of sp³-hybridized carbons (Fsp3) is 0.364. The van der Waals surface area contributed by atoms with Crippen molar-refractivity contribution >= 4 is 34.2 Å². The van der Waals surface area contributed by atoms with E-state index in [2.05, 4.69) is 15.4 Å². The number of aromatic amines is 1. The molecule has 3 heterocycles. The third-order valence-electron chi connectivity index (χ3n) is 5.64. The van der Waals surface area contributed by atoms with Gasteiger partial charge in [0.1, 0.15) is 5.82 Å². The molecule has 0 radical (unpaired) electrons. The van der Waals surface area contributed by atoms with Crippen LogP contribution in [-0.4, -0.2) is 56.4 Å². The van der Waals surface area contributed by atoms with Crippen molar-refractivity contribution in [1.82, 2.24) is 15.4 Å². The molecule has 0 unspecified atom stereocenters. The lowest BCUT2D eigenvalue weighted by Gasteiger charge is -2.32. The Labute approximate surface area is 185 Å². The lowest BCUT2D eigenvalue weighted by Crippen LogP contribution is -2.37. The number of pyridine rings is 1. The van der Waals surface area contributed by atoms with Crippen molar-refractivity contribution in [3.8, 4) is 17.0 Å². The number of hydrogen-bond acceptors (Lipinski definition) is 6. The second kappa shape index (κ2) is 9.13. The van der Waals surface area contributed by atoms with E-state index in [1.807, 2.05) is 25.2 Å².